The van der Waals surface area contributed by atoms with Crippen LogP contribution in [0.3, 0.4) is 0 Å². The van der Waals surface area contributed by atoms with Gasteiger partial charge in [-0.15, -0.1) is 0 Å². The van der Waals surface area contributed by atoms with Crippen LogP contribution in [-0.4, -0.2) is 44.0 Å². The maximum atomic E-state index is 5.19. The van der Waals surface area contributed by atoms with Gasteiger partial charge in [-0.25, -0.2) is 0 Å². The largest absolute Gasteiger partial charge is 0.428 e. The van der Waals surface area contributed by atoms with E-state index in [1.54, 1.807) is 7.11 Å². The molecule has 0 N–H and O–H groups in total. The second kappa shape index (κ2) is 9.10. The summed E-state index contributed by atoms with van der Waals surface area (Å²) in [5, 5.41) is 0. The minimum atomic E-state index is 0.682. The molecule has 0 rings (SSSR count). The van der Waals surface area contributed by atoms with Crippen molar-refractivity contribution in [3.8, 4) is 0 Å². The standard InChI is InChI=1S/C6H16O3Si/c1-7-5-6-8-3-2-4-9-10/h2-6H2,1,10H3. The van der Waals surface area contributed by atoms with Crippen molar-refractivity contribution in [2.75, 3.05) is 33.5 Å². The number of hydrogen-bond donors (Lipinski definition) is 0. The van der Waals surface area contributed by atoms with Gasteiger partial charge < -0.3 is 13.9 Å². The zero-order chi connectivity index (χ0) is 7.66. The molecule has 0 heterocycles. The summed E-state index contributed by atoms with van der Waals surface area (Å²) in [5.41, 5.74) is 0. The van der Waals surface area contributed by atoms with E-state index < -0.39 is 0 Å². The van der Waals surface area contributed by atoms with Crippen molar-refractivity contribution in [2.45, 2.75) is 6.42 Å². The van der Waals surface area contributed by atoms with Crippen LogP contribution in [0.15, 0.2) is 0 Å². The highest BCUT2D eigenvalue weighted by Crippen LogP contribution is 1.82. The van der Waals surface area contributed by atoms with Gasteiger partial charge in [-0.2, -0.15) is 0 Å². The molecule has 0 amide bonds. The Morgan fingerprint density at radius 1 is 1.10 bits per heavy atom. The third-order valence-corrected chi connectivity index (χ3v) is 1.48. The minimum Gasteiger partial charge on any atom is -0.428 e. The summed E-state index contributed by atoms with van der Waals surface area (Å²) in [6.07, 6.45) is 0.993. The maximum Gasteiger partial charge on any atom is 0.145 e. The zero-order valence-corrected chi connectivity index (χ0v) is 8.76. The molecule has 0 radical (unpaired) electrons. The van der Waals surface area contributed by atoms with Crippen LogP contribution in [0, 0.1) is 0 Å². The lowest BCUT2D eigenvalue weighted by molar-refractivity contribution is 0.0649. The van der Waals surface area contributed by atoms with E-state index in [2.05, 4.69) is 0 Å². The van der Waals surface area contributed by atoms with E-state index in [9.17, 15) is 0 Å². The second-order valence-corrected chi connectivity index (χ2v) is 2.53. The van der Waals surface area contributed by atoms with Crippen molar-refractivity contribution >= 4 is 10.5 Å². The van der Waals surface area contributed by atoms with Crippen molar-refractivity contribution < 1.29 is 13.9 Å². The summed E-state index contributed by atoms with van der Waals surface area (Å²) in [7, 11) is 2.50. The topological polar surface area (TPSA) is 27.7 Å². The van der Waals surface area contributed by atoms with E-state index in [0.29, 0.717) is 13.2 Å². The summed E-state index contributed by atoms with van der Waals surface area (Å²) in [4.78, 5) is 0. The van der Waals surface area contributed by atoms with Crippen molar-refractivity contribution in [2.24, 2.45) is 0 Å². The molecule has 0 saturated carbocycles. The molecule has 0 bridgehead atoms. The molecule has 62 valence electrons. The molecule has 0 aromatic rings. The summed E-state index contributed by atoms with van der Waals surface area (Å²) < 4.78 is 15.0. The summed E-state index contributed by atoms with van der Waals surface area (Å²) >= 11 is 0. The SMILES string of the molecule is COCCOCCCO[SiH3]. The Morgan fingerprint density at radius 2 is 1.90 bits per heavy atom. The molecular formula is C6H16O3Si. The van der Waals surface area contributed by atoms with Gasteiger partial charge in [0.2, 0.25) is 0 Å². The Kier molecular flexibility index (Phi) is 9.19. The summed E-state index contributed by atoms with van der Waals surface area (Å²) in [5.74, 6) is 0. The number of methoxy groups -OCH3 is 1. The van der Waals surface area contributed by atoms with Crippen LogP contribution in [0.5, 0.6) is 0 Å². The first-order valence-corrected chi connectivity index (χ1v) is 4.29. The third-order valence-electron chi connectivity index (χ3n) is 1.07. The van der Waals surface area contributed by atoms with Gasteiger partial charge in [-0.3, -0.25) is 0 Å². The Hall–Kier alpha value is 0.0969. The molecule has 0 atom stereocenters. The van der Waals surface area contributed by atoms with E-state index in [-0.39, 0.29) is 0 Å². The van der Waals surface area contributed by atoms with Crippen LogP contribution < -0.4 is 0 Å². The van der Waals surface area contributed by atoms with Crippen LogP contribution in [0.4, 0.5) is 0 Å². The Balaban J connectivity index is 2.65. The lowest BCUT2D eigenvalue weighted by Gasteiger charge is -2.01. The van der Waals surface area contributed by atoms with Crippen LogP contribution in [0.2, 0.25) is 0 Å². The molecule has 0 aromatic carbocycles. The van der Waals surface area contributed by atoms with E-state index in [0.717, 1.165) is 30.1 Å². The van der Waals surface area contributed by atoms with Gasteiger partial charge >= 0.3 is 0 Å². The van der Waals surface area contributed by atoms with Gasteiger partial charge in [0.15, 0.2) is 0 Å². The average Bonchev–Trinajstić information content (AvgIpc) is 1.97. The highest BCUT2D eigenvalue weighted by atomic mass is 28.2. The molecule has 0 aliphatic rings. The molecular weight excluding hydrogens is 148 g/mol. The van der Waals surface area contributed by atoms with Crippen LogP contribution in [-0.2, 0) is 13.9 Å². The molecule has 0 saturated heterocycles. The minimum absolute atomic E-state index is 0.682. The maximum absolute atomic E-state index is 5.19. The average molecular weight is 164 g/mol. The van der Waals surface area contributed by atoms with Gasteiger partial charge in [0.05, 0.1) is 13.2 Å². The van der Waals surface area contributed by atoms with Crippen LogP contribution in [0.25, 0.3) is 0 Å². The first kappa shape index (κ1) is 10.1. The second-order valence-electron chi connectivity index (χ2n) is 1.95. The normalized spacial score (nSPS) is 10.5. The third kappa shape index (κ3) is 8.10. The Bertz CT molecular complexity index is 53.0. The number of hydrogen-bond acceptors (Lipinski definition) is 3. The quantitative estimate of drug-likeness (QED) is 0.369. The fraction of sp³-hybridized carbons (Fsp3) is 1.00. The molecule has 0 aliphatic carbocycles. The molecule has 0 unspecified atom stereocenters. The van der Waals surface area contributed by atoms with Crippen LogP contribution in [0.1, 0.15) is 6.42 Å². The van der Waals surface area contributed by atoms with E-state index in [1.807, 2.05) is 0 Å². The smallest absolute Gasteiger partial charge is 0.145 e. The van der Waals surface area contributed by atoms with Crippen molar-refractivity contribution in [3.05, 3.63) is 0 Å². The van der Waals surface area contributed by atoms with Crippen molar-refractivity contribution in [1.82, 2.24) is 0 Å². The fourth-order valence-electron chi connectivity index (χ4n) is 0.550. The van der Waals surface area contributed by atoms with E-state index in [1.165, 1.54) is 0 Å². The fourth-order valence-corrected chi connectivity index (χ4v) is 0.838. The lowest BCUT2D eigenvalue weighted by atomic mass is 10.5. The predicted octanol–water partition coefficient (Wildman–Crippen LogP) is -0.663. The predicted molar refractivity (Wildman–Crippen MR) is 43.2 cm³/mol. The molecule has 0 spiro atoms. The molecule has 0 fully saturated rings. The lowest BCUT2D eigenvalue weighted by Crippen LogP contribution is -2.04. The Labute approximate surface area is 65.2 Å². The van der Waals surface area contributed by atoms with Crippen molar-refractivity contribution in [3.63, 3.8) is 0 Å². The molecule has 0 aliphatic heterocycles. The van der Waals surface area contributed by atoms with Gasteiger partial charge in [0.25, 0.3) is 0 Å². The highest BCUT2D eigenvalue weighted by molar-refractivity contribution is 5.97. The number of ether oxygens (including phenoxy) is 2. The van der Waals surface area contributed by atoms with Gasteiger partial charge in [-0.05, 0) is 6.42 Å². The first-order valence-electron chi connectivity index (χ1n) is 3.47. The Morgan fingerprint density at radius 3 is 2.50 bits per heavy atom. The van der Waals surface area contributed by atoms with Gasteiger partial charge in [-0.1, -0.05) is 0 Å². The number of rotatable bonds is 7. The summed E-state index contributed by atoms with van der Waals surface area (Å²) in [6, 6.07) is 0. The highest BCUT2D eigenvalue weighted by Gasteiger charge is 1.86. The monoisotopic (exact) mass is 164 g/mol. The summed E-state index contributed by atoms with van der Waals surface area (Å²) in [6.45, 7) is 2.99. The molecule has 4 heteroatoms. The van der Waals surface area contributed by atoms with Gasteiger partial charge in [0, 0.05) is 20.3 Å². The molecule has 0 aromatic heterocycles. The molecule has 3 nitrogen and oxygen atoms in total. The van der Waals surface area contributed by atoms with Crippen molar-refractivity contribution in [1.29, 1.82) is 0 Å². The molecule has 10 heavy (non-hydrogen) atoms. The first-order chi connectivity index (χ1) is 4.91. The van der Waals surface area contributed by atoms with Gasteiger partial charge in [0.1, 0.15) is 10.5 Å². The van der Waals surface area contributed by atoms with E-state index in [4.69, 9.17) is 13.9 Å². The van der Waals surface area contributed by atoms with Crippen LogP contribution >= 0.6 is 0 Å². The zero-order valence-electron chi connectivity index (χ0n) is 6.76. The van der Waals surface area contributed by atoms with E-state index >= 15 is 0 Å².